The van der Waals surface area contributed by atoms with Gasteiger partial charge in [-0.1, -0.05) is 25.8 Å². The van der Waals surface area contributed by atoms with E-state index < -0.39 is 0 Å². The first-order chi connectivity index (χ1) is 4.31. The van der Waals surface area contributed by atoms with Crippen molar-refractivity contribution in [1.82, 2.24) is 0 Å². The minimum atomic E-state index is 0.837. The Hall–Kier alpha value is -0.770. The molecular formula is C8H13N. The SMILES string of the molecule is CCCC/C=C(/C)C#N. The van der Waals surface area contributed by atoms with E-state index in [9.17, 15) is 0 Å². The van der Waals surface area contributed by atoms with E-state index in [1.165, 1.54) is 12.8 Å². The quantitative estimate of drug-likeness (QED) is 0.418. The standard InChI is InChI=1S/C8H13N/c1-3-4-5-6-8(2)7-9/h6H,3-5H2,1-2H3/b8-6-. The summed E-state index contributed by atoms with van der Waals surface area (Å²) in [5.74, 6) is 0. The van der Waals surface area contributed by atoms with Crippen molar-refractivity contribution in [3.8, 4) is 6.07 Å². The molecule has 1 nitrogen and oxygen atoms in total. The Morgan fingerprint density at radius 2 is 2.33 bits per heavy atom. The van der Waals surface area contributed by atoms with E-state index in [1.54, 1.807) is 0 Å². The normalized spacial score (nSPS) is 11.0. The smallest absolute Gasteiger partial charge is 0.0940 e. The van der Waals surface area contributed by atoms with Crippen LogP contribution >= 0.6 is 0 Å². The van der Waals surface area contributed by atoms with Gasteiger partial charge in [0.15, 0.2) is 0 Å². The molecule has 0 aromatic heterocycles. The second-order valence-electron chi connectivity index (χ2n) is 2.14. The molecule has 0 atom stereocenters. The van der Waals surface area contributed by atoms with E-state index in [-0.39, 0.29) is 0 Å². The molecule has 0 aliphatic rings. The number of unbranched alkanes of at least 4 members (excludes halogenated alkanes) is 2. The van der Waals surface area contributed by atoms with Crippen molar-refractivity contribution in [2.45, 2.75) is 33.1 Å². The molecule has 0 saturated heterocycles. The third-order valence-corrected chi connectivity index (χ3v) is 1.18. The topological polar surface area (TPSA) is 23.8 Å². The van der Waals surface area contributed by atoms with E-state index in [2.05, 4.69) is 13.0 Å². The van der Waals surface area contributed by atoms with Crippen LogP contribution in [0.15, 0.2) is 11.6 Å². The first-order valence-corrected chi connectivity index (χ1v) is 3.38. The number of hydrogen-bond donors (Lipinski definition) is 0. The van der Waals surface area contributed by atoms with Gasteiger partial charge in [0.2, 0.25) is 0 Å². The molecule has 0 aromatic carbocycles. The Balaban J connectivity index is 3.35. The summed E-state index contributed by atoms with van der Waals surface area (Å²) in [6.45, 7) is 3.99. The maximum atomic E-state index is 8.32. The van der Waals surface area contributed by atoms with Crippen LogP contribution in [0.4, 0.5) is 0 Å². The Bertz CT molecular complexity index is 128. The average molecular weight is 123 g/mol. The van der Waals surface area contributed by atoms with Crippen LogP contribution in [-0.2, 0) is 0 Å². The summed E-state index contributed by atoms with van der Waals surface area (Å²) in [7, 11) is 0. The van der Waals surface area contributed by atoms with E-state index in [0.29, 0.717) is 0 Å². The maximum absolute atomic E-state index is 8.32. The fourth-order valence-electron chi connectivity index (χ4n) is 0.568. The lowest BCUT2D eigenvalue weighted by molar-refractivity contribution is 0.812. The van der Waals surface area contributed by atoms with E-state index in [4.69, 9.17) is 5.26 Å². The highest BCUT2D eigenvalue weighted by molar-refractivity contribution is 5.16. The van der Waals surface area contributed by atoms with Gasteiger partial charge in [-0.25, -0.2) is 0 Å². The van der Waals surface area contributed by atoms with Crippen LogP contribution in [0.3, 0.4) is 0 Å². The highest BCUT2D eigenvalue weighted by atomic mass is 14.2. The van der Waals surface area contributed by atoms with Gasteiger partial charge in [-0.3, -0.25) is 0 Å². The van der Waals surface area contributed by atoms with Crippen LogP contribution in [0.25, 0.3) is 0 Å². The van der Waals surface area contributed by atoms with Crippen molar-refractivity contribution < 1.29 is 0 Å². The second-order valence-corrected chi connectivity index (χ2v) is 2.14. The molecule has 0 fully saturated rings. The average Bonchev–Trinajstić information content (AvgIpc) is 1.89. The molecule has 0 saturated carbocycles. The molecule has 0 heterocycles. The first-order valence-electron chi connectivity index (χ1n) is 3.38. The number of rotatable bonds is 3. The largest absolute Gasteiger partial charge is 0.193 e. The second kappa shape index (κ2) is 5.37. The van der Waals surface area contributed by atoms with Crippen LogP contribution in [-0.4, -0.2) is 0 Å². The van der Waals surface area contributed by atoms with Crippen molar-refractivity contribution in [3.05, 3.63) is 11.6 Å². The zero-order chi connectivity index (χ0) is 7.11. The molecule has 0 spiro atoms. The highest BCUT2D eigenvalue weighted by Crippen LogP contribution is 1.98. The summed E-state index contributed by atoms with van der Waals surface area (Å²) >= 11 is 0. The molecule has 0 aliphatic carbocycles. The first kappa shape index (κ1) is 8.23. The Kier molecular flexibility index (Phi) is 4.91. The zero-order valence-electron chi connectivity index (χ0n) is 6.15. The Labute approximate surface area is 57.0 Å². The van der Waals surface area contributed by atoms with Crippen LogP contribution in [0, 0.1) is 11.3 Å². The lowest BCUT2D eigenvalue weighted by atomic mass is 10.2. The summed E-state index contributed by atoms with van der Waals surface area (Å²) in [4.78, 5) is 0. The molecule has 0 unspecified atom stereocenters. The van der Waals surface area contributed by atoms with Gasteiger partial charge in [0.25, 0.3) is 0 Å². The van der Waals surface area contributed by atoms with E-state index >= 15 is 0 Å². The summed E-state index contributed by atoms with van der Waals surface area (Å²) in [5, 5.41) is 8.32. The number of hydrogen-bond acceptors (Lipinski definition) is 1. The number of nitriles is 1. The monoisotopic (exact) mass is 123 g/mol. The predicted octanol–water partition coefficient (Wildman–Crippen LogP) is 2.65. The van der Waals surface area contributed by atoms with Gasteiger partial charge >= 0.3 is 0 Å². The molecule has 0 N–H and O–H groups in total. The fraction of sp³-hybridized carbons (Fsp3) is 0.625. The third-order valence-electron chi connectivity index (χ3n) is 1.18. The maximum Gasteiger partial charge on any atom is 0.0940 e. The summed E-state index contributed by atoms with van der Waals surface area (Å²) < 4.78 is 0. The minimum Gasteiger partial charge on any atom is -0.193 e. The van der Waals surface area contributed by atoms with Gasteiger partial charge in [-0.15, -0.1) is 0 Å². The molecule has 0 amide bonds. The van der Waals surface area contributed by atoms with E-state index in [0.717, 1.165) is 12.0 Å². The van der Waals surface area contributed by atoms with E-state index in [1.807, 2.05) is 13.0 Å². The molecule has 0 aromatic rings. The van der Waals surface area contributed by atoms with Crippen molar-refractivity contribution in [1.29, 1.82) is 5.26 Å². The lowest BCUT2D eigenvalue weighted by Crippen LogP contribution is -1.70. The van der Waals surface area contributed by atoms with Crippen LogP contribution in [0.2, 0.25) is 0 Å². The molecule has 0 rings (SSSR count). The molecule has 0 radical (unpaired) electrons. The van der Waals surface area contributed by atoms with Gasteiger partial charge in [-0.05, 0) is 13.3 Å². The lowest BCUT2D eigenvalue weighted by Gasteiger charge is -1.87. The zero-order valence-corrected chi connectivity index (χ0v) is 6.15. The van der Waals surface area contributed by atoms with Crippen molar-refractivity contribution in [2.24, 2.45) is 0 Å². The third kappa shape index (κ3) is 5.10. The van der Waals surface area contributed by atoms with Gasteiger partial charge in [-0.2, -0.15) is 5.26 Å². The number of allylic oxidation sites excluding steroid dienone is 2. The highest BCUT2D eigenvalue weighted by Gasteiger charge is 1.82. The minimum absolute atomic E-state index is 0.837. The molecule has 1 heteroatoms. The van der Waals surface area contributed by atoms with Gasteiger partial charge in [0.1, 0.15) is 0 Å². The van der Waals surface area contributed by atoms with Crippen LogP contribution in [0.1, 0.15) is 33.1 Å². The summed E-state index contributed by atoms with van der Waals surface area (Å²) in [5.41, 5.74) is 0.837. The molecule has 50 valence electrons. The van der Waals surface area contributed by atoms with Gasteiger partial charge in [0, 0.05) is 5.57 Å². The molecule has 0 bridgehead atoms. The van der Waals surface area contributed by atoms with Crippen molar-refractivity contribution in [3.63, 3.8) is 0 Å². The summed E-state index contributed by atoms with van der Waals surface area (Å²) in [6, 6.07) is 2.08. The van der Waals surface area contributed by atoms with Crippen LogP contribution < -0.4 is 0 Å². The predicted molar refractivity (Wildman–Crippen MR) is 38.9 cm³/mol. The molecule has 9 heavy (non-hydrogen) atoms. The van der Waals surface area contributed by atoms with Crippen molar-refractivity contribution in [2.75, 3.05) is 0 Å². The summed E-state index contributed by atoms with van der Waals surface area (Å²) in [6.07, 6.45) is 5.44. The molecule has 0 aliphatic heterocycles. The number of nitrogens with zero attached hydrogens (tertiary/aromatic N) is 1. The van der Waals surface area contributed by atoms with Gasteiger partial charge in [0.05, 0.1) is 6.07 Å². The van der Waals surface area contributed by atoms with Crippen molar-refractivity contribution >= 4 is 0 Å². The fourth-order valence-corrected chi connectivity index (χ4v) is 0.568. The Morgan fingerprint density at radius 3 is 2.78 bits per heavy atom. The molecular weight excluding hydrogens is 110 g/mol. The Morgan fingerprint density at radius 1 is 1.67 bits per heavy atom. The van der Waals surface area contributed by atoms with Crippen LogP contribution in [0.5, 0.6) is 0 Å². The van der Waals surface area contributed by atoms with Gasteiger partial charge < -0.3 is 0 Å².